The Morgan fingerprint density at radius 3 is 2.57 bits per heavy atom. The van der Waals surface area contributed by atoms with Crippen molar-refractivity contribution in [3.63, 3.8) is 0 Å². The highest BCUT2D eigenvalue weighted by Crippen LogP contribution is 2.16. The maximum atomic E-state index is 12.4. The maximum absolute atomic E-state index is 12.4. The molecule has 0 aliphatic rings. The minimum Gasteiger partial charge on any atom is -0.481 e. The van der Waals surface area contributed by atoms with Crippen LogP contribution in [-0.4, -0.2) is 33.6 Å². The van der Waals surface area contributed by atoms with Crippen molar-refractivity contribution in [2.75, 3.05) is 0 Å². The topological polar surface area (TPSA) is 69.6 Å². The van der Waals surface area contributed by atoms with Crippen LogP contribution >= 0.6 is 11.3 Å². The van der Waals surface area contributed by atoms with Crippen LogP contribution in [0.2, 0.25) is 0 Å². The first-order valence-electron chi connectivity index (χ1n) is 7.04. The standard InChI is InChI=1S/C15H24N2O3S/c1-11(2)17(10-12-6-5-9-21-12)14(20)16-15(3,4)8-7-13(18)19/h5-6,9,11H,7-8,10H2,1-4H3,(H,16,20)(H,18,19). The Morgan fingerprint density at radius 1 is 1.43 bits per heavy atom. The average molecular weight is 312 g/mol. The summed E-state index contributed by atoms with van der Waals surface area (Å²) >= 11 is 1.62. The number of carboxylic acids is 1. The molecule has 1 aromatic rings. The second-order valence-corrected chi connectivity index (χ2v) is 7.04. The molecule has 21 heavy (non-hydrogen) atoms. The van der Waals surface area contributed by atoms with Gasteiger partial charge in [-0.2, -0.15) is 0 Å². The molecule has 0 aliphatic heterocycles. The number of amides is 2. The van der Waals surface area contributed by atoms with Crippen molar-refractivity contribution in [2.24, 2.45) is 0 Å². The van der Waals surface area contributed by atoms with Crippen molar-refractivity contribution in [2.45, 2.75) is 58.7 Å². The van der Waals surface area contributed by atoms with Gasteiger partial charge in [-0.15, -0.1) is 11.3 Å². The van der Waals surface area contributed by atoms with Gasteiger partial charge in [0.2, 0.25) is 0 Å². The quantitative estimate of drug-likeness (QED) is 0.811. The first kappa shape index (κ1) is 17.5. The van der Waals surface area contributed by atoms with Crippen molar-refractivity contribution in [1.29, 1.82) is 0 Å². The Bertz CT molecular complexity index is 469. The summed E-state index contributed by atoms with van der Waals surface area (Å²) in [6, 6.07) is 3.88. The molecule has 0 spiro atoms. The predicted molar refractivity (Wildman–Crippen MR) is 84.5 cm³/mol. The van der Waals surface area contributed by atoms with Gasteiger partial charge in [-0.3, -0.25) is 4.79 Å². The zero-order chi connectivity index (χ0) is 16.0. The molecule has 0 saturated heterocycles. The third-order valence-corrected chi connectivity index (χ3v) is 4.06. The largest absolute Gasteiger partial charge is 0.481 e. The van der Waals surface area contributed by atoms with E-state index in [1.807, 2.05) is 45.2 Å². The fourth-order valence-electron chi connectivity index (χ4n) is 1.90. The molecule has 5 nitrogen and oxygen atoms in total. The highest BCUT2D eigenvalue weighted by atomic mass is 32.1. The number of aliphatic carboxylic acids is 1. The van der Waals surface area contributed by atoms with Crippen molar-refractivity contribution < 1.29 is 14.7 Å². The molecule has 0 aliphatic carbocycles. The molecular formula is C15H24N2O3S. The Morgan fingerprint density at radius 2 is 2.10 bits per heavy atom. The molecule has 1 rings (SSSR count). The monoisotopic (exact) mass is 312 g/mol. The molecule has 6 heteroatoms. The van der Waals surface area contributed by atoms with Gasteiger partial charge in [-0.1, -0.05) is 6.07 Å². The van der Waals surface area contributed by atoms with Crippen molar-refractivity contribution >= 4 is 23.3 Å². The zero-order valence-electron chi connectivity index (χ0n) is 13.0. The number of urea groups is 1. The summed E-state index contributed by atoms with van der Waals surface area (Å²) in [4.78, 5) is 26.0. The summed E-state index contributed by atoms with van der Waals surface area (Å²) in [7, 11) is 0. The predicted octanol–water partition coefficient (Wildman–Crippen LogP) is 3.31. The van der Waals surface area contributed by atoms with Gasteiger partial charge in [-0.25, -0.2) is 4.79 Å². The molecule has 0 bridgehead atoms. The highest BCUT2D eigenvalue weighted by molar-refractivity contribution is 7.09. The third-order valence-electron chi connectivity index (χ3n) is 3.20. The molecule has 1 heterocycles. The number of rotatable bonds is 7. The van der Waals surface area contributed by atoms with E-state index in [-0.39, 0.29) is 18.5 Å². The Labute approximate surface area is 130 Å². The molecule has 0 unspecified atom stereocenters. The van der Waals surface area contributed by atoms with Crippen LogP contribution in [0.4, 0.5) is 4.79 Å². The summed E-state index contributed by atoms with van der Waals surface area (Å²) in [6.45, 7) is 8.19. The lowest BCUT2D eigenvalue weighted by molar-refractivity contribution is -0.137. The van der Waals surface area contributed by atoms with Gasteiger partial charge in [0.05, 0.1) is 6.54 Å². The van der Waals surface area contributed by atoms with Gasteiger partial charge >= 0.3 is 12.0 Å². The van der Waals surface area contributed by atoms with E-state index in [4.69, 9.17) is 5.11 Å². The lowest BCUT2D eigenvalue weighted by Crippen LogP contribution is -2.51. The second-order valence-electron chi connectivity index (χ2n) is 6.01. The smallest absolute Gasteiger partial charge is 0.318 e. The molecule has 0 fully saturated rings. The molecule has 118 valence electrons. The molecular weight excluding hydrogens is 288 g/mol. The summed E-state index contributed by atoms with van der Waals surface area (Å²) in [5, 5.41) is 13.7. The molecule has 2 N–H and O–H groups in total. The molecule has 0 saturated carbocycles. The van der Waals surface area contributed by atoms with E-state index in [2.05, 4.69) is 5.32 Å². The van der Waals surface area contributed by atoms with Crippen LogP contribution in [0.15, 0.2) is 17.5 Å². The lowest BCUT2D eigenvalue weighted by atomic mass is 9.98. The number of carbonyl (C=O) groups excluding carboxylic acids is 1. The number of nitrogens with one attached hydrogen (secondary N) is 1. The SMILES string of the molecule is CC(C)N(Cc1cccs1)C(=O)NC(C)(C)CCC(=O)O. The van der Waals surface area contributed by atoms with Crippen molar-refractivity contribution in [1.82, 2.24) is 10.2 Å². The molecule has 2 amide bonds. The van der Waals surface area contributed by atoms with Gasteiger partial charge < -0.3 is 15.3 Å². The summed E-state index contributed by atoms with van der Waals surface area (Å²) in [5.41, 5.74) is -0.544. The van der Waals surface area contributed by atoms with Crippen LogP contribution in [0.25, 0.3) is 0 Å². The van der Waals surface area contributed by atoms with E-state index in [9.17, 15) is 9.59 Å². The minimum atomic E-state index is -0.850. The number of hydrogen-bond donors (Lipinski definition) is 2. The molecule has 1 aromatic heterocycles. The molecule has 0 aromatic carbocycles. The van der Waals surface area contributed by atoms with Crippen LogP contribution in [-0.2, 0) is 11.3 Å². The number of thiophene rings is 1. The summed E-state index contributed by atoms with van der Waals surface area (Å²) in [5.74, 6) is -0.850. The number of nitrogens with zero attached hydrogens (tertiary/aromatic N) is 1. The highest BCUT2D eigenvalue weighted by Gasteiger charge is 2.26. The fraction of sp³-hybridized carbons (Fsp3) is 0.600. The Hall–Kier alpha value is -1.56. The summed E-state index contributed by atoms with van der Waals surface area (Å²) in [6.07, 6.45) is 0.443. The van der Waals surface area contributed by atoms with Gasteiger partial charge in [-0.05, 0) is 45.6 Å². The van der Waals surface area contributed by atoms with E-state index < -0.39 is 11.5 Å². The summed E-state index contributed by atoms with van der Waals surface area (Å²) < 4.78 is 0. The van der Waals surface area contributed by atoms with E-state index >= 15 is 0 Å². The molecule has 0 radical (unpaired) electrons. The van der Waals surface area contributed by atoms with Crippen LogP contribution < -0.4 is 5.32 Å². The number of carbonyl (C=O) groups is 2. The van der Waals surface area contributed by atoms with E-state index in [0.717, 1.165) is 4.88 Å². The van der Waals surface area contributed by atoms with Crippen molar-refractivity contribution in [3.8, 4) is 0 Å². The number of hydrogen-bond acceptors (Lipinski definition) is 3. The van der Waals surface area contributed by atoms with Gasteiger partial charge in [0.15, 0.2) is 0 Å². The fourth-order valence-corrected chi connectivity index (χ4v) is 2.61. The zero-order valence-corrected chi connectivity index (χ0v) is 13.9. The molecule has 0 atom stereocenters. The van der Waals surface area contributed by atoms with Crippen LogP contribution in [0, 0.1) is 0 Å². The Balaban J connectivity index is 2.66. The van der Waals surface area contributed by atoms with Crippen LogP contribution in [0.1, 0.15) is 45.4 Å². The van der Waals surface area contributed by atoms with Crippen LogP contribution in [0.3, 0.4) is 0 Å². The average Bonchev–Trinajstić information content (AvgIpc) is 2.85. The van der Waals surface area contributed by atoms with Gasteiger partial charge in [0.25, 0.3) is 0 Å². The van der Waals surface area contributed by atoms with Crippen LogP contribution in [0.5, 0.6) is 0 Å². The van der Waals surface area contributed by atoms with Gasteiger partial charge in [0.1, 0.15) is 0 Å². The van der Waals surface area contributed by atoms with E-state index in [0.29, 0.717) is 13.0 Å². The van der Waals surface area contributed by atoms with Gasteiger partial charge in [0, 0.05) is 22.9 Å². The Kier molecular flexibility index (Phi) is 6.20. The third kappa shape index (κ3) is 6.16. The first-order valence-corrected chi connectivity index (χ1v) is 7.92. The lowest BCUT2D eigenvalue weighted by Gasteiger charge is -2.32. The first-order chi connectivity index (χ1) is 9.71. The van der Waals surface area contributed by atoms with E-state index in [1.165, 1.54) is 0 Å². The second kappa shape index (κ2) is 7.45. The maximum Gasteiger partial charge on any atom is 0.318 e. The normalized spacial score (nSPS) is 11.5. The van der Waals surface area contributed by atoms with E-state index in [1.54, 1.807) is 16.2 Å². The number of carboxylic acid groups (broad SMARTS) is 1. The minimum absolute atomic E-state index is 0.0416. The van der Waals surface area contributed by atoms with Crippen molar-refractivity contribution in [3.05, 3.63) is 22.4 Å².